The Kier molecular flexibility index (Phi) is 3.64. The predicted molar refractivity (Wildman–Crippen MR) is 58.7 cm³/mol. The summed E-state index contributed by atoms with van der Waals surface area (Å²) in [4.78, 5) is 0. The van der Waals surface area contributed by atoms with E-state index in [1.165, 1.54) is 0 Å². The van der Waals surface area contributed by atoms with Crippen LogP contribution < -0.4 is 9.47 Å². The Morgan fingerprint density at radius 1 is 1.25 bits per heavy atom. The number of ether oxygens (including phenoxy) is 3. The van der Waals surface area contributed by atoms with Crippen molar-refractivity contribution in [2.45, 2.75) is 19.4 Å². The Balaban J connectivity index is 2.25. The molecule has 0 atom stereocenters. The van der Waals surface area contributed by atoms with Crippen molar-refractivity contribution in [3.05, 3.63) is 23.3 Å². The highest BCUT2D eigenvalue weighted by Crippen LogP contribution is 2.35. The fraction of sp³-hybridized carbons (Fsp3) is 0.500. The molecule has 1 N–H and O–H groups in total. The highest BCUT2D eigenvalue weighted by Gasteiger charge is 2.16. The first-order valence-corrected chi connectivity index (χ1v) is 5.36. The summed E-state index contributed by atoms with van der Waals surface area (Å²) in [6.45, 7) is 1.03. The molecular formula is C12H16O4. The van der Waals surface area contributed by atoms with Gasteiger partial charge in [-0.25, -0.2) is 0 Å². The molecule has 0 aliphatic carbocycles. The summed E-state index contributed by atoms with van der Waals surface area (Å²) in [5, 5.41) is 8.85. The van der Waals surface area contributed by atoms with Gasteiger partial charge in [0.1, 0.15) is 0 Å². The van der Waals surface area contributed by atoms with Crippen LogP contribution in [0.2, 0.25) is 0 Å². The predicted octanol–water partition coefficient (Wildman–Crippen LogP) is 1.49. The molecule has 1 aromatic carbocycles. The summed E-state index contributed by atoms with van der Waals surface area (Å²) < 4.78 is 15.8. The number of methoxy groups -OCH3 is 1. The van der Waals surface area contributed by atoms with Crippen LogP contribution in [0.25, 0.3) is 0 Å². The second kappa shape index (κ2) is 5.18. The monoisotopic (exact) mass is 224 g/mol. The maximum absolute atomic E-state index is 8.85. The van der Waals surface area contributed by atoms with Crippen LogP contribution in [0.15, 0.2) is 12.1 Å². The Bertz CT molecular complexity index is 362. The van der Waals surface area contributed by atoms with Crippen molar-refractivity contribution < 1.29 is 19.3 Å². The van der Waals surface area contributed by atoms with Crippen LogP contribution in [0.3, 0.4) is 0 Å². The summed E-state index contributed by atoms with van der Waals surface area (Å²) in [7, 11) is 1.67. The van der Waals surface area contributed by atoms with Crippen molar-refractivity contribution in [1.82, 2.24) is 0 Å². The van der Waals surface area contributed by atoms with Crippen molar-refractivity contribution in [2.75, 3.05) is 20.5 Å². The molecule has 1 aliphatic rings. The van der Waals surface area contributed by atoms with Crippen LogP contribution in [0.5, 0.6) is 11.5 Å². The van der Waals surface area contributed by atoms with Gasteiger partial charge in [0.25, 0.3) is 0 Å². The Morgan fingerprint density at radius 2 is 1.94 bits per heavy atom. The highest BCUT2D eigenvalue weighted by molar-refractivity contribution is 5.48. The number of aliphatic hydroxyl groups is 1. The zero-order chi connectivity index (χ0) is 11.4. The molecule has 4 heteroatoms. The molecule has 1 aromatic rings. The zero-order valence-electron chi connectivity index (χ0n) is 9.36. The standard InChI is InChI=1S/C12H16O4/c1-14-7-10-6-12-11(15-8-16-12)5-9(10)3-2-4-13/h5-6,13H,2-4,7-8H2,1H3. The van der Waals surface area contributed by atoms with Gasteiger partial charge >= 0.3 is 0 Å². The fourth-order valence-electron chi connectivity index (χ4n) is 1.82. The molecule has 0 aromatic heterocycles. The average Bonchev–Trinajstić information content (AvgIpc) is 2.73. The number of fused-ring (bicyclic) bond motifs is 1. The number of benzene rings is 1. The fourth-order valence-corrected chi connectivity index (χ4v) is 1.82. The quantitative estimate of drug-likeness (QED) is 0.823. The SMILES string of the molecule is COCc1cc2c(cc1CCCO)OCO2. The first-order chi connectivity index (χ1) is 7.85. The molecule has 0 saturated carbocycles. The molecule has 2 rings (SSSR count). The van der Waals surface area contributed by atoms with Gasteiger partial charge in [-0.3, -0.25) is 0 Å². The summed E-state index contributed by atoms with van der Waals surface area (Å²) in [6, 6.07) is 3.94. The molecular weight excluding hydrogens is 208 g/mol. The first kappa shape index (κ1) is 11.2. The van der Waals surface area contributed by atoms with Crippen molar-refractivity contribution in [2.24, 2.45) is 0 Å². The van der Waals surface area contributed by atoms with E-state index in [-0.39, 0.29) is 13.4 Å². The molecule has 0 fully saturated rings. The van der Waals surface area contributed by atoms with E-state index in [9.17, 15) is 0 Å². The first-order valence-electron chi connectivity index (χ1n) is 5.36. The van der Waals surface area contributed by atoms with Crippen molar-refractivity contribution in [3.63, 3.8) is 0 Å². The lowest BCUT2D eigenvalue weighted by Crippen LogP contribution is -1.98. The lowest BCUT2D eigenvalue weighted by molar-refractivity contribution is 0.173. The van der Waals surface area contributed by atoms with Gasteiger partial charge in [-0.05, 0) is 36.1 Å². The van der Waals surface area contributed by atoms with E-state index in [4.69, 9.17) is 19.3 Å². The topological polar surface area (TPSA) is 47.9 Å². The number of rotatable bonds is 5. The maximum Gasteiger partial charge on any atom is 0.231 e. The second-order valence-electron chi connectivity index (χ2n) is 3.73. The Labute approximate surface area is 94.8 Å². The van der Waals surface area contributed by atoms with Gasteiger partial charge < -0.3 is 19.3 Å². The van der Waals surface area contributed by atoms with Gasteiger partial charge in [0.2, 0.25) is 6.79 Å². The van der Waals surface area contributed by atoms with Gasteiger partial charge in [-0.2, -0.15) is 0 Å². The molecule has 0 unspecified atom stereocenters. The minimum atomic E-state index is 0.195. The third kappa shape index (κ3) is 2.28. The molecule has 1 heterocycles. The third-order valence-electron chi connectivity index (χ3n) is 2.60. The van der Waals surface area contributed by atoms with Crippen LogP contribution in [0, 0.1) is 0 Å². The van der Waals surface area contributed by atoms with Gasteiger partial charge in [-0.15, -0.1) is 0 Å². The van der Waals surface area contributed by atoms with E-state index in [2.05, 4.69) is 0 Å². The van der Waals surface area contributed by atoms with E-state index in [0.29, 0.717) is 6.61 Å². The molecule has 1 aliphatic heterocycles. The molecule has 0 radical (unpaired) electrons. The minimum absolute atomic E-state index is 0.195. The molecule has 4 nitrogen and oxygen atoms in total. The van der Waals surface area contributed by atoms with Gasteiger partial charge in [0.15, 0.2) is 11.5 Å². The van der Waals surface area contributed by atoms with Crippen LogP contribution >= 0.6 is 0 Å². The van der Waals surface area contributed by atoms with Crippen LogP contribution in [-0.2, 0) is 17.8 Å². The number of aliphatic hydroxyl groups excluding tert-OH is 1. The Morgan fingerprint density at radius 3 is 2.56 bits per heavy atom. The van der Waals surface area contributed by atoms with Crippen molar-refractivity contribution in [3.8, 4) is 11.5 Å². The second-order valence-corrected chi connectivity index (χ2v) is 3.73. The number of hydrogen-bond donors (Lipinski definition) is 1. The maximum atomic E-state index is 8.85. The van der Waals surface area contributed by atoms with Crippen LogP contribution in [0.1, 0.15) is 17.5 Å². The average molecular weight is 224 g/mol. The molecule has 0 bridgehead atoms. The smallest absolute Gasteiger partial charge is 0.231 e. The van der Waals surface area contributed by atoms with Crippen molar-refractivity contribution in [1.29, 1.82) is 0 Å². The van der Waals surface area contributed by atoms with E-state index < -0.39 is 0 Å². The molecule has 88 valence electrons. The molecule has 0 saturated heterocycles. The van der Waals surface area contributed by atoms with Crippen LogP contribution in [0.4, 0.5) is 0 Å². The third-order valence-corrected chi connectivity index (χ3v) is 2.60. The van der Waals surface area contributed by atoms with E-state index in [0.717, 1.165) is 35.5 Å². The number of aryl methyl sites for hydroxylation is 1. The van der Waals surface area contributed by atoms with Gasteiger partial charge in [-0.1, -0.05) is 0 Å². The molecule has 0 amide bonds. The molecule has 16 heavy (non-hydrogen) atoms. The summed E-state index contributed by atoms with van der Waals surface area (Å²) in [5.41, 5.74) is 2.25. The Hall–Kier alpha value is -1.26. The summed E-state index contributed by atoms with van der Waals surface area (Å²) >= 11 is 0. The lowest BCUT2D eigenvalue weighted by atomic mass is 10.0. The normalized spacial score (nSPS) is 13.1. The highest BCUT2D eigenvalue weighted by atomic mass is 16.7. The van der Waals surface area contributed by atoms with E-state index in [1.54, 1.807) is 7.11 Å². The summed E-state index contributed by atoms with van der Waals surface area (Å²) in [6.07, 6.45) is 1.57. The zero-order valence-corrected chi connectivity index (χ0v) is 9.36. The molecule has 0 spiro atoms. The lowest BCUT2D eigenvalue weighted by Gasteiger charge is -2.09. The minimum Gasteiger partial charge on any atom is -0.454 e. The van der Waals surface area contributed by atoms with E-state index in [1.807, 2.05) is 12.1 Å². The summed E-state index contributed by atoms with van der Waals surface area (Å²) in [5.74, 6) is 1.56. The van der Waals surface area contributed by atoms with Crippen LogP contribution in [-0.4, -0.2) is 25.6 Å². The van der Waals surface area contributed by atoms with Gasteiger partial charge in [0.05, 0.1) is 6.61 Å². The number of hydrogen-bond acceptors (Lipinski definition) is 4. The van der Waals surface area contributed by atoms with Gasteiger partial charge in [0, 0.05) is 13.7 Å². The largest absolute Gasteiger partial charge is 0.454 e. The van der Waals surface area contributed by atoms with E-state index >= 15 is 0 Å². The van der Waals surface area contributed by atoms with Crippen molar-refractivity contribution >= 4 is 0 Å².